The van der Waals surface area contributed by atoms with Crippen LogP contribution in [0.15, 0.2) is 46.9 Å². The van der Waals surface area contributed by atoms with Crippen LogP contribution >= 0.6 is 0 Å². The van der Waals surface area contributed by atoms with Crippen molar-refractivity contribution >= 4 is 16.5 Å². The van der Waals surface area contributed by atoms with Gasteiger partial charge in [-0.3, -0.25) is 0 Å². The van der Waals surface area contributed by atoms with Crippen molar-refractivity contribution in [1.29, 1.82) is 0 Å². The third kappa shape index (κ3) is 3.04. The molecule has 0 saturated heterocycles. The summed E-state index contributed by atoms with van der Waals surface area (Å²) in [7, 11) is -2.44. The third-order valence-electron chi connectivity index (χ3n) is 3.05. The number of hydrogen-bond acceptors (Lipinski definition) is 5. The van der Waals surface area contributed by atoms with Crippen molar-refractivity contribution in [1.82, 2.24) is 0 Å². The first kappa shape index (κ1) is 14.4. The second kappa shape index (κ2) is 5.69. The second-order valence-corrected chi connectivity index (χ2v) is 5.79. The van der Waals surface area contributed by atoms with E-state index in [0.717, 1.165) is 5.56 Å². The van der Waals surface area contributed by atoms with Crippen LogP contribution in [0.3, 0.4) is 0 Å². The molecule has 1 heterocycles. The van der Waals surface area contributed by atoms with Crippen LogP contribution in [0.2, 0.25) is 0 Å². The lowest BCUT2D eigenvalue weighted by molar-refractivity contribution is 0.284. The quantitative estimate of drug-likeness (QED) is 0.864. The van der Waals surface area contributed by atoms with Gasteiger partial charge in [0.2, 0.25) is 0 Å². The van der Waals surface area contributed by atoms with E-state index >= 15 is 0 Å². The predicted molar refractivity (Wildman–Crippen MR) is 80.9 cm³/mol. The van der Waals surface area contributed by atoms with Crippen molar-refractivity contribution in [2.24, 2.45) is 4.40 Å². The molecule has 0 radical (unpaired) electrons. The molecular weight excluding hydrogens is 306 g/mol. The van der Waals surface area contributed by atoms with E-state index in [1.165, 1.54) is 19.4 Å². The number of hydrogen-bond donors (Lipinski definition) is 0. The van der Waals surface area contributed by atoms with Gasteiger partial charge in [-0.1, -0.05) is 30.3 Å². The summed E-state index contributed by atoms with van der Waals surface area (Å²) in [6.07, 6.45) is 1.23. The first-order chi connectivity index (χ1) is 10.6. The van der Waals surface area contributed by atoms with Crippen molar-refractivity contribution in [3.63, 3.8) is 0 Å². The molecule has 22 heavy (non-hydrogen) atoms. The maximum Gasteiger partial charge on any atom is 0.428 e. The molecule has 1 aliphatic heterocycles. The molecule has 0 unspecified atom stereocenters. The zero-order valence-corrected chi connectivity index (χ0v) is 12.5. The lowest BCUT2D eigenvalue weighted by atomic mass is 10.2. The normalized spacial score (nSPS) is 14.8. The lowest BCUT2D eigenvalue weighted by Gasteiger charge is -2.16. The highest BCUT2D eigenvalue weighted by Crippen LogP contribution is 2.36. The van der Waals surface area contributed by atoms with Gasteiger partial charge in [0.05, 0.1) is 13.3 Å². The van der Waals surface area contributed by atoms with Gasteiger partial charge >= 0.3 is 10.3 Å². The van der Waals surface area contributed by atoms with Crippen LogP contribution in [0.25, 0.3) is 0 Å². The Labute approximate surface area is 128 Å². The molecule has 0 fully saturated rings. The molecule has 114 valence electrons. The van der Waals surface area contributed by atoms with E-state index in [1.54, 1.807) is 6.07 Å². The fraction of sp³-hybridized carbons (Fsp3) is 0.133. The number of fused-ring (bicyclic) bond motifs is 1. The lowest BCUT2D eigenvalue weighted by Crippen LogP contribution is -2.12. The SMILES string of the molecule is COc1cc2c(cc1OCc1ccccc1)C=NS(=O)(=O)O2. The maximum atomic E-state index is 11.3. The van der Waals surface area contributed by atoms with Crippen molar-refractivity contribution in [2.75, 3.05) is 7.11 Å². The van der Waals surface area contributed by atoms with Crippen LogP contribution in [-0.4, -0.2) is 21.7 Å². The standard InChI is InChI=1S/C15H13NO5S/c1-19-14-8-13-12(9-16-22(17,18)21-13)7-15(14)20-10-11-5-3-2-4-6-11/h2-9H,10H2,1H3. The minimum atomic E-state index is -3.92. The van der Waals surface area contributed by atoms with E-state index < -0.39 is 10.3 Å². The van der Waals surface area contributed by atoms with Crippen LogP contribution in [0.1, 0.15) is 11.1 Å². The molecule has 0 aliphatic carbocycles. The summed E-state index contributed by atoms with van der Waals surface area (Å²) in [5.74, 6) is 1.04. The van der Waals surface area contributed by atoms with Crippen LogP contribution in [0.4, 0.5) is 0 Å². The van der Waals surface area contributed by atoms with E-state index in [1.807, 2.05) is 30.3 Å². The number of ether oxygens (including phenoxy) is 2. The average molecular weight is 319 g/mol. The van der Waals surface area contributed by atoms with Gasteiger partial charge in [0.25, 0.3) is 0 Å². The molecule has 7 heteroatoms. The Kier molecular flexibility index (Phi) is 3.72. The number of benzene rings is 2. The van der Waals surface area contributed by atoms with Gasteiger partial charge in [0.15, 0.2) is 17.2 Å². The summed E-state index contributed by atoms with van der Waals surface area (Å²) >= 11 is 0. The van der Waals surface area contributed by atoms with Crippen LogP contribution in [-0.2, 0) is 16.9 Å². The van der Waals surface area contributed by atoms with E-state index in [9.17, 15) is 8.42 Å². The van der Waals surface area contributed by atoms with Gasteiger partial charge in [-0.05, 0) is 11.6 Å². The van der Waals surface area contributed by atoms with Gasteiger partial charge in [0, 0.05) is 11.6 Å². The monoisotopic (exact) mass is 319 g/mol. The fourth-order valence-corrected chi connectivity index (χ4v) is 2.65. The third-order valence-corrected chi connectivity index (χ3v) is 3.80. The molecular formula is C15H13NO5S. The zero-order valence-electron chi connectivity index (χ0n) is 11.7. The number of nitrogens with zero attached hydrogens (tertiary/aromatic N) is 1. The summed E-state index contributed by atoms with van der Waals surface area (Å²) < 4.78 is 41.8. The minimum absolute atomic E-state index is 0.166. The van der Waals surface area contributed by atoms with Crippen LogP contribution in [0, 0.1) is 0 Å². The zero-order chi connectivity index (χ0) is 15.6. The van der Waals surface area contributed by atoms with Crippen molar-refractivity contribution < 1.29 is 22.1 Å². The largest absolute Gasteiger partial charge is 0.493 e. The average Bonchev–Trinajstić information content (AvgIpc) is 2.52. The Morgan fingerprint density at radius 2 is 1.91 bits per heavy atom. The molecule has 1 aliphatic rings. The first-order valence-electron chi connectivity index (χ1n) is 6.46. The Hall–Kier alpha value is -2.54. The van der Waals surface area contributed by atoms with Crippen molar-refractivity contribution in [2.45, 2.75) is 6.61 Å². The van der Waals surface area contributed by atoms with Gasteiger partial charge < -0.3 is 13.7 Å². The molecule has 0 amide bonds. The summed E-state index contributed by atoms with van der Waals surface area (Å²) in [5, 5.41) is 0. The topological polar surface area (TPSA) is 74.2 Å². The summed E-state index contributed by atoms with van der Waals surface area (Å²) in [4.78, 5) is 0. The molecule has 6 nitrogen and oxygen atoms in total. The first-order valence-corrected chi connectivity index (χ1v) is 7.82. The van der Waals surface area contributed by atoms with Crippen LogP contribution in [0.5, 0.6) is 17.2 Å². The van der Waals surface area contributed by atoms with Gasteiger partial charge in [-0.25, -0.2) is 0 Å². The van der Waals surface area contributed by atoms with Gasteiger partial charge in [-0.15, -0.1) is 4.40 Å². The number of methoxy groups -OCH3 is 1. The molecule has 0 bridgehead atoms. The van der Waals surface area contributed by atoms with Gasteiger partial charge in [0.1, 0.15) is 6.61 Å². The summed E-state index contributed by atoms with van der Waals surface area (Å²) in [6, 6.07) is 12.8. The van der Waals surface area contributed by atoms with Gasteiger partial charge in [-0.2, -0.15) is 8.42 Å². The highest BCUT2D eigenvalue weighted by atomic mass is 32.2. The molecule has 0 aromatic heterocycles. The van der Waals surface area contributed by atoms with E-state index in [-0.39, 0.29) is 5.75 Å². The molecule has 0 atom stereocenters. The Balaban J connectivity index is 1.88. The Bertz CT molecular complexity index is 815. The highest BCUT2D eigenvalue weighted by Gasteiger charge is 2.21. The number of rotatable bonds is 4. The summed E-state index contributed by atoms with van der Waals surface area (Å²) in [5.41, 5.74) is 1.52. The molecule has 3 rings (SSSR count). The minimum Gasteiger partial charge on any atom is -0.493 e. The highest BCUT2D eigenvalue weighted by molar-refractivity contribution is 7.86. The molecule has 2 aromatic rings. The van der Waals surface area contributed by atoms with Crippen molar-refractivity contribution in [3.05, 3.63) is 53.6 Å². The fourth-order valence-electron chi connectivity index (χ4n) is 1.99. The second-order valence-electron chi connectivity index (χ2n) is 4.56. The maximum absolute atomic E-state index is 11.3. The van der Waals surface area contributed by atoms with Crippen molar-refractivity contribution in [3.8, 4) is 17.2 Å². The molecule has 2 aromatic carbocycles. The molecule has 0 N–H and O–H groups in total. The summed E-state index contributed by atoms with van der Waals surface area (Å²) in [6.45, 7) is 0.367. The van der Waals surface area contributed by atoms with E-state index in [2.05, 4.69) is 4.40 Å². The Morgan fingerprint density at radius 3 is 2.64 bits per heavy atom. The van der Waals surface area contributed by atoms with E-state index in [0.29, 0.717) is 23.7 Å². The Morgan fingerprint density at radius 1 is 1.14 bits per heavy atom. The van der Waals surface area contributed by atoms with E-state index in [4.69, 9.17) is 13.7 Å². The molecule has 0 saturated carbocycles. The van der Waals surface area contributed by atoms with Crippen LogP contribution < -0.4 is 13.7 Å². The predicted octanol–water partition coefficient (Wildman–Crippen LogP) is 2.33. The smallest absolute Gasteiger partial charge is 0.428 e. The molecule has 0 spiro atoms.